The highest BCUT2D eigenvalue weighted by atomic mass is 16.7. The Bertz CT molecular complexity index is 1200. The summed E-state index contributed by atoms with van der Waals surface area (Å²) in [7, 11) is 0. The zero-order valence-electron chi connectivity index (χ0n) is 16.2. The molecule has 0 fully saturated rings. The molecule has 0 unspecified atom stereocenters. The number of amides is 1. The van der Waals surface area contributed by atoms with Gasteiger partial charge in [0.1, 0.15) is 5.52 Å². The fourth-order valence-corrected chi connectivity index (χ4v) is 3.49. The van der Waals surface area contributed by atoms with E-state index in [4.69, 9.17) is 9.47 Å². The van der Waals surface area contributed by atoms with Crippen molar-refractivity contribution in [3.8, 4) is 11.5 Å². The molecule has 0 aliphatic carbocycles. The quantitative estimate of drug-likeness (QED) is 0.538. The van der Waals surface area contributed by atoms with Crippen molar-refractivity contribution in [2.75, 3.05) is 13.3 Å². The summed E-state index contributed by atoms with van der Waals surface area (Å²) in [4.78, 5) is 12.4. The average Bonchev–Trinajstić information content (AvgIpc) is 3.41. The van der Waals surface area contributed by atoms with E-state index >= 15 is 0 Å². The summed E-state index contributed by atoms with van der Waals surface area (Å²) in [5.74, 6) is 1.44. The van der Waals surface area contributed by atoms with Crippen LogP contribution in [0.2, 0.25) is 0 Å². The van der Waals surface area contributed by atoms with Gasteiger partial charge in [0.15, 0.2) is 11.5 Å². The fourth-order valence-electron chi connectivity index (χ4n) is 3.49. The summed E-state index contributed by atoms with van der Waals surface area (Å²) in [5, 5.41) is 11.3. The predicted octanol–water partition coefficient (Wildman–Crippen LogP) is 3.18. The molecule has 0 saturated carbocycles. The molecule has 2 heterocycles. The standard InChI is InChI=1S/C23H20N4O3/c28-23(24-12-11-16-7-10-21-22(13-16)30-15-29-21)18-8-5-17(6-9-18)14-27-20-4-2-1-3-19(20)25-26-27/h1-10,13H,11-12,14-15H2,(H,24,28). The predicted molar refractivity (Wildman–Crippen MR) is 112 cm³/mol. The molecule has 150 valence electrons. The lowest BCUT2D eigenvalue weighted by molar-refractivity contribution is 0.0954. The average molecular weight is 400 g/mol. The fraction of sp³-hybridized carbons (Fsp3) is 0.174. The van der Waals surface area contributed by atoms with Crippen LogP contribution in [0.4, 0.5) is 0 Å². The van der Waals surface area contributed by atoms with Crippen molar-refractivity contribution in [2.24, 2.45) is 0 Å². The first-order valence-corrected chi connectivity index (χ1v) is 9.80. The van der Waals surface area contributed by atoms with Gasteiger partial charge < -0.3 is 14.8 Å². The zero-order chi connectivity index (χ0) is 20.3. The van der Waals surface area contributed by atoms with E-state index in [2.05, 4.69) is 15.6 Å². The van der Waals surface area contributed by atoms with Crippen LogP contribution in [0.1, 0.15) is 21.5 Å². The van der Waals surface area contributed by atoms with Crippen LogP contribution >= 0.6 is 0 Å². The number of nitrogens with zero attached hydrogens (tertiary/aromatic N) is 3. The van der Waals surface area contributed by atoms with Gasteiger partial charge in [-0.05, 0) is 53.9 Å². The lowest BCUT2D eigenvalue weighted by atomic mass is 10.1. The minimum absolute atomic E-state index is 0.0894. The van der Waals surface area contributed by atoms with Crippen LogP contribution in [0.15, 0.2) is 66.7 Å². The molecule has 5 rings (SSSR count). The van der Waals surface area contributed by atoms with Gasteiger partial charge in [-0.3, -0.25) is 4.79 Å². The van der Waals surface area contributed by atoms with E-state index in [9.17, 15) is 4.79 Å². The number of benzene rings is 3. The minimum atomic E-state index is -0.0894. The number of hydrogen-bond donors (Lipinski definition) is 1. The van der Waals surface area contributed by atoms with Crippen LogP contribution in [0.25, 0.3) is 11.0 Å². The minimum Gasteiger partial charge on any atom is -0.454 e. The molecular formula is C23H20N4O3. The number of nitrogens with one attached hydrogen (secondary N) is 1. The normalized spacial score (nSPS) is 12.3. The van der Waals surface area contributed by atoms with Crippen LogP contribution in [0.5, 0.6) is 11.5 Å². The molecule has 0 bridgehead atoms. The molecule has 1 aliphatic heterocycles. The monoisotopic (exact) mass is 400 g/mol. The summed E-state index contributed by atoms with van der Waals surface area (Å²) >= 11 is 0. The highest BCUT2D eigenvalue weighted by Gasteiger charge is 2.13. The Morgan fingerprint density at radius 1 is 0.967 bits per heavy atom. The van der Waals surface area contributed by atoms with Crippen LogP contribution < -0.4 is 14.8 Å². The first-order chi connectivity index (χ1) is 14.8. The highest BCUT2D eigenvalue weighted by Crippen LogP contribution is 2.32. The van der Waals surface area contributed by atoms with Gasteiger partial charge in [0.2, 0.25) is 6.79 Å². The molecule has 0 spiro atoms. The van der Waals surface area contributed by atoms with Crippen molar-refractivity contribution in [1.29, 1.82) is 0 Å². The number of carbonyl (C=O) groups is 1. The molecule has 1 aromatic heterocycles. The first kappa shape index (κ1) is 18.2. The van der Waals surface area contributed by atoms with Gasteiger partial charge >= 0.3 is 0 Å². The Morgan fingerprint density at radius 2 is 1.77 bits per heavy atom. The molecule has 1 amide bonds. The molecule has 1 aliphatic rings. The molecule has 0 atom stereocenters. The number of fused-ring (bicyclic) bond motifs is 2. The van der Waals surface area contributed by atoms with Crippen LogP contribution in [0, 0.1) is 0 Å². The SMILES string of the molecule is O=C(NCCc1ccc2c(c1)OCO2)c1ccc(Cn2nnc3ccccc32)cc1. The lowest BCUT2D eigenvalue weighted by Gasteiger charge is -2.07. The highest BCUT2D eigenvalue weighted by molar-refractivity contribution is 5.94. The second-order valence-corrected chi connectivity index (χ2v) is 7.13. The smallest absolute Gasteiger partial charge is 0.251 e. The summed E-state index contributed by atoms with van der Waals surface area (Å²) < 4.78 is 12.6. The van der Waals surface area contributed by atoms with Gasteiger partial charge in [0.05, 0.1) is 12.1 Å². The summed E-state index contributed by atoms with van der Waals surface area (Å²) in [6, 6.07) is 21.3. The third-order valence-electron chi connectivity index (χ3n) is 5.10. The number of ether oxygens (including phenoxy) is 2. The molecule has 3 aromatic carbocycles. The molecule has 4 aromatic rings. The first-order valence-electron chi connectivity index (χ1n) is 9.80. The van der Waals surface area contributed by atoms with Gasteiger partial charge in [0.25, 0.3) is 5.91 Å². The number of hydrogen-bond acceptors (Lipinski definition) is 5. The lowest BCUT2D eigenvalue weighted by Crippen LogP contribution is -2.25. The molecule has 0 saturated heterocycles. The van der Waals surface area contributed by atoms with Gasteiger partial charge in [0, 0.05) is 12.1 Å². The number of carbonyl (C=O) groups excluding carboxylic acids is 1. The van der Waals surface area contributed by atoms with Crippen molar-refractivity contribution in [2.45, 2.75) is 13.0 Å². The topological polar surface area (TPSA) is 78.3 Å². The van der Waals surface area contributed by atoms with E-state index in [1.165, 1.54) is 0 Å². The van der Waals surface area contributed by atoms with E-state index in [0.717, 1.165) is 40.1 Å². The maximum absolute atomic E-state index is 12.4. The zero-order valence-corrected chi connectivity index (χ0v) is 16.2. The van der Waals surface area contributed by atoms with E-state index in [-0.39, 0.29) is 12.7 Å². The Balaban J connectivity index is 1.17. The van der Waals surface area contributed by atoms with Crippen LogP contribution in [-0.2, 0) is 13.0 Å². The van der Waals surface area contributed by atoms with E-state index in [0.29, 0.717) is 18.7 Å². The van der Waals surface area contributed by atoms with Gasteiger partial charge in [-0.2, -0.15) is 0 Å². The van der Waals surface area contributed by atoms with Crippen LogP contribution in [0.3, 0.4) is 0 Å². The maximum Gasteiger partial charge on any atom is 0.251 e. The molecule has 30 heavy (non-hydrogen) atoms. The maximum atomic E-state index is 12.4. The van der Waals surface area contributed by atoms with Gasteiger partial charge in [-0.15, -0.1) is 5.10 Å². The van der Waals surface area contributed by atoms with Gasteiger partial charge in [-0.1, -0.05) is 35.5 Å². The Labute approximate surface area is 173 Å². The third kappa shape index (κ3) is 3.69. The van der Waals surface area contributed by atoms with E-state index in [1.54, 1.807) is 0 Å². The number of para-hydroxylation sites is 1. The Hall–Kier alpha value is -3.87. The molecular weight excluding hydrogens is 380 g/mol. The Kier molecular flexibility index (Phi) is 4.77. The third-order valence-corrected chi connectivity index (χ3v) is 5.10. The molecule has 7 heteroatoms. The summed E-state index contributed by atoms with van der Waals surface area (Å²) in [6.45, 7) is 1.41. The molecule has 7 nitrogen and oxygen atoms in total. The summed E-state index contributed by atoms with van der Waals surface area (Å²) in [5.41, 5.74) is 4.64. The second kappa shape index (κ2) is 7.87. The number of rotatable bonds is 6. The Morgan fingerprint density at radius 3 is 2.67 bits per heavy atom. The number of aromatic nitrogens is 3. The van der Waals surface area contributed by atoms with Crippen molar-refractivity contribution in [3.05, 3.63) is 83.4 Å². The van der Waals surface area contributed by atoms with Crippen molar-refractivity contribution in [3.63, 3.8) is 0 Å². The van der Waals surface area contributed by atoms with Crippen molar-refractivity contribution in [1.82, 2.24) is 20.3 Å². The van der Waals surface area contributed by atoms with E-state index in [1.807, 2.05) is 71.4 Å². The van der Waals surface area contributed by atoms with Crippen LogP contribution in [-0.4, -0.2) is 34.2 Å². The van der Waals surface area contributed by atoms with Crippen molar-refractivity contribution < 1.29 is 14.3 Å². The molecule has 1 N–H and O–H groups in total. The second-order valence-electron chi connectivity index (χ2n) is 7.13. The van der Waals surface area contributed by atoms with Crippen molar-refractivity contribution >= 4 is 16.9 Å². The van der Waals surface area contributed by atoms with Gasteiger partial charge in [-0.25, -0.2) is 4.68 Å². The largest absolute Gasteiger partial charge is 0.454 e. The molecule has 0 radical (unpaired) electrons. The summed E-state index contributed by atoms with van der Waals surface area (Å²) in [6.07, 6.45) is 0.722. The van der Waals surface area contributed by atoms with E-state index < -0.39 is 0 Å².